The van der Waals surface area contributed by atoms with Crippen LogP contribution in [0, 0.1) is 0 Å². The van der Waals surface area contributed by atoms with Gasteiger partial charge in [-0.2, -0.15) is 35.1 Å². The molecule has 0 bridgehead atoms. The zero-order valence-corrected chi connectivity index (χ0v) is 10.4. The van der Waals surface area contributed by atoms with Gasteiger partial charge in [0.25, 0.3) is 0 Å². The van der Waals surface area contributed by atoms with Crippen molar-refractivity contribution in [2.75, 3.05) is 6.61 Å². The molecule has 128 valence electrons. The summed E-state index contributed by atoms with van der Waals surface area (Å²) in [6.07, 6.45) is -14.9. The Balaban J connectivity index is 0. The second kappa shape index (κ2) is 8.34. The number of halogens is 8. The van der Waals surface area contributed by atoms with Crippen molar-refractivity contribution in [3.05, 3.63) is 25.3 Å². The lowest BCUT2D eigenvalue weighted by Crippen LogP contribution is -2.40. The molecule has 0 heterocycles. The SMILES string of the molecule is C=CC(=O)OC(F)(F)C(F)(F)F.C=CC(=O)OCC(F)(F)F. The average molecular weight is 344 g/mol. The van der Waals surface area contributed by atoms with E-state index in [0.29, 0.717) is 6.08 Å². The predicted molar refractivity (Wildman–Crippen MR) is 54.5 cm³/mol. The van der Waals surface area contributed by atoms with Crippen LogP contribution in [0.2, 0.25) is 0 Å². The highest BCUT2D eigenvalue weighted by Crippen LogP contribution is 2.36. The normalized spacial score (nSPS) is 11.6. The molecule has 0 spiro atoms. The summed E-state index contributed by atoms with van der Waals surface area (Å²) in [6.45, 7) is 4.01. The van der Waals surface area contributed by atoms with Crippen LogP contribution in [0.25, 0.3) is 0 Å². The summed E-state index contributed by atoms with van der Waals surface area (Å²) >= 11 is 0. The molecule has 22 heavy (non-hydrogen) atoms. The maximum atomic E-state index is 11.8. The van der Waals surface area contributed by atoms with E-state index in [9.17, 15) is 44.7 Å². The molecule has 0 N–H and O–H groups in total. The lowest BCUT2D eigenvalue weighted by molar-refractivity contribution is -0.374. The van der Waals surface area contributed by atoms with Crippen molar-refractivity contribution >= 4 is 11.9 Å². The lowest BCUT2D eigenvalue weighted by atomic mass is 10.6. The van der Waals surface area contributed by atoms with Crippen LogP contribution in [0.3, 0.4) is 0 Å². The van der Waals surface area contributed by atoms with Crippen molar-refractivity contribution in [1.82, 2.24) is 0 Å². The molecule has 0 saturated heterocycles. The van der Waals surface area contributed by atoms with Gasteiger partial charge >= 0.3 is 30.4 Å². The maximum Gasteiger partial charge on any atom is 0.501 e. The van der Waals surface area contributed by atoms with E-state index in [1.807, 2.05) is 0 Å². The summed E-state index contributed by atoms with van der Waals surface area (Å²) in [5, 5.41) is 0. The van der Waals surface area contributed by atoms with Gasteiger partial charge in [-0.25, -0.2) is 9.59 Å². The topological polar surface area (TPSA) is 52.6 Å². The number of carbonyl (C=O) groups is 2. The molecule has 0 aliphatic rings. The van der Waals surface area contributed by atoms with E-state index in [1.54, 1.807) is 0 Å². The van der Waals surface area contributed by atoms with E-state index in [0.717, 1.165) is 0 Å². The van der Waals surface area contributed by atoms with Crippen LogP contribution in [0.4, 0.5) is 35.1 Å². The summed E-state index contributed by atoms with van der Waals surface area (Å²) in [6, 6.07) is 0. The Morgan fingerprint density at radius 3 is 1.55 bits per heavy atom. The molecule has 0 atom stereocenters. The van der Waals surface area contributed by atoms with Crippen LogP contribution in [0.1, 0.15) is 0 Å². The average Bonchev–Trinajstić information content (AvgIpc) is 2.33. The van der Waals surface area contributed by atoms with Gasteiger partial charge in [0.15, 0.2) is 6.61 Å². The van der Waals surface area contributed by atoms with E-state index in [-0.39, 0.29) is 6.08 Å². The van der Waals surface area contributed by atoms with Gasteiger partial charge in [0.05, 0.1) is 0 Å². The van der Waals surface area contributed by atoms with E-state index >= 15 is 0 Å². The summed E-state index contributed by atoms with van der Waals surface area (Å²) in [7, 11) is 0. The fourth-order valence-electron chi connectivity index (χ4n) is 0.438. The molecule has 0 saturated carbocycles. The van der Waals surface area contributed by atoms with Crippen LogP contribution in [-0.4, -0.2) is 37.0 Å². The highest BCUT2D eigenvalue weighted by molar-refractivity contribution is 5.81. The van der Waals surface area contributed by atoms with Gasteiger partial charge in [-0.3, -0.25) is 0 Å². The van der Waals surface area contributed by atoms with Gasteiger partial charge in [0, 0.05) is 12.2 Å². The first-order valence-corrected chi connectivity index (χ1v) is 4.82. The molecule has 0 aromatic heterocycles. The van der Waals surface area contributed by atoms with E-state index in [4.69, 9.17) is 0 Å². The second-order valence-electron chi connectivity index (χ2n) is 3.07. The third-order valence-corrected chi connectivity index (χ3v) is 1.27. The molecule has 0 radical (unpaired) electrons. The van der Waals surface area contributed by atoms with Gasteiger partial charge in [-0.05, 0) is 0 Å². The second-order valence-corrected chi connectivity index (χ2v) is 3.07. The molecule has 0 rings (SSSR count). The number of alkyl halides is 8. The summed E-state index contributed by atoms with van der Waals surface area (Å²) < 4.78 is 97.4. The molecule has 0 aliphatic carbocycles. The molecule has 0 aromatic carbocycles. The molecule has 12 heteroatoms. The van der Waals surface area contributed by atoms with Crippen LogP contribution in [0.5, 0.6) is 0 Å². The molecule has 0 aliphatic heterocycles. The van der Waals surface area contributed by atoms with Gasteiger partial charge in [0.1, 0.15) is 0 Å². The smallest absolute Gasteiger partial charge is 0.453 e. The predicted octanol–water partition coefficient (Wildman–Crippen LogP) is 3.15. The third kappa shape index (κ3) is 10.6. The van der Waals surface area contributed by atoms with Crippen LogP contribution in [-0.2, 0) is 19.1 Å². The Bertz CT molecular complexity index is 410. The van der Waals surface area contributed by atoms with Gasteiger partial charge in [-0.1, -0.05) is 13.2 Å². The lowest BCUT2D eigenvalue weighted by Gasteiger charge is -2.17. The number of esters is 2. The van der Waals surface area contributed by atoms with Crippen molar-refractivity contribution in [2.24, 2.45) is 0 Å². The van der Waals surface area contributed by atoms with Crippen molar-refractivity contribution in [3.63, 3.8) is 0 Å². The zero-order valence-electron chi connectivity index (χ0n) is 10.4. The van der Waals surface area contributed by atoms with E-state index in [2.05, 4.69) is 22.6 Å². The van der Waals surface area contributed by atoms with Gasteiger partial charge < -0.3 is 9.47 Å². The molecule has 4 nitrogen and oxygen atoms in total. The summed E-state index contributed by atoms with van der Waals surface area (Å²) in [5.74, 6) is -2.91. The minimum atomic E-state index is -5.90. The van der Waals surface area contributed by atoms with Gasteiger partial charge in [0.2, 0.25) is 0 Å². The fraction of sp³-hybridized carbons (Fsp3) is 0.400. The van der Waals surface area contributed by atoms with Crippen molar-refractivity contribution in [1.29, 1.82) is 0 Å². The summed E-state index contributed by atoms with van der Waals surface area (Å²) in [4.78, 5) is 20.0. The van der Waals surface area contributed by atoms with Crippen molar-refractivity contribution in [3.8, 4) is 0 Å². The minimum absolute atomic E-state index is 0.208. The molecular formula is C10H8F8O4. The highest BCUT2D eigenvalue weighted by Gasteiger charge is 2.61. The quantitative estimate of drug-likeness (QED) is 0.447. The van der Waals surface area contributed by atoms with Crippen molar-refractivity contribution < 1.29 is 54.2 Å². The number of hydrogen-bond donors (Lipinski definition) is 0. The van der Waals surface area contributed by atoms with Crippen LogP contribution >= 0.6 is 0 Å². The largest absolute Gasteiger partial charge is 0.501 e. The number of carbonyl (C=O) groups excluding carboxylic acids is 2. The Morgan fingerprint density at radius 2 is 1.27 bits per heavy atom. The number of hydrogen-bond acceptors (Lipinski definition) is 4. The first-order valence-electron chi connectivity index (χ1n) is 4.82. The monoisotopic (exact) mass is 344 g/mol. The minimum Gasteiger partial charge on any atom is -0.453 e. The van der Waals surface area contributed by atoms with Crippen LogP contribution in [0.15, 0.2) is 25.3 Å². The third-order valence-electron chi connectivity index (χ3n) is 1.27. The standard InChI is InChI=1S/C5H3F5O2.C5H5F3O2/c1-2-3(11)12-5(9,10)4(6,7)8;1-2-4(9)10-3-5(6,7)8/h2H,1H2;2H,1,3H2. The number of rotatable bonds is 4. The number of ether oxygens (including phenoxy) is 2. The molecule has 0 aromatic rings. The first kappa shape index (κ1) is 22.1. The zero-order chi connectivity index (χ0) is 18.2. The summed E-state index contributed by atoms with van der Waals surface area (Å²) in [5.41, 5.74) is 0. The van der Waals surface area contributed by atoms with E-state index in [1.165, 1.54) is 0 Å². The Kier molecular flexibility index (Phi) is 8.39. The Hall–Kier alpha value is -2.14. The Labute approximate surface area is 118 Å². The maximum absolute atomic E-state index is 11.8. The van der Waals surface area contributed by atoms with Crippen molar-refractivity contribution in [2.45, 2.75) is 18.5 Å². The molecule has 0 amide bonds. The molecule has 0 fully saturated rings. The molecular weight excluding hydrogens is 336 g/mol. The van der Waals surface area contributed by atoms with Gasteiger partial charge in [-0.15, -0.1) is 0 Å². The van der Waals surface area contributed by atoms with E-state index < -0.39 is 37.0 Å². The first-order chi connectivity index (χ1) is 9.66. The molecule has 0 unspecified atom stereocenters. The van der Waals surface area contributed by atoms with Crippen LogP contribution < -0.4 is 0 Å². The Morgan fingerprint density at radius 1 is 0.864 bits per heavy atom. The highest BCUT2D eigenvalue weighted by atomic mass is 19.4. The fourth-order valence-corrected chi connectivity index (χ4v) is 0.438.